The largest absolute Gasteiger partial charge is 0.336 e. The van der Waals surface area contributed by atoms with E-state index in [4.69, 9.17) is 5.73 Å². The van der Waals surface area contributed by atoms with E-state index in [0.29, 0.717) is 23.0 Å². The number of hydrogen-bond donors (Lipinski definition) is 4. The van der Waals surface area contributed by atoms with E-state index in [9.17, 15) is 9.59 Å². The molecule has 7 heteroatoms. The fraction of sp³-hybridized carbons (Fsp3) is 0.583. The van der Waals surface area contributed by atoms with Gasteiger partial charge in [0.2, 0.25) is 0 Å². The van der Waals surface area contributed by atoms with Gasteiger partial charge < -0.3 is 10.7 Å². The number of imidazole rings is 1. The highest BCUT2D eigenvalue weighted by Gasteiger charge is 2.47. The minimum Gasteiger partial charge on any atom is -0.336 e. The molecule has 2 aliphatic carbocycles. The second kappa shape index (κ2) is 3.57. The first-order chi connectivity index (χ1) is 9.13. The Morgan fingerprint density at radius 3 is 2.63 bits per heavy atom. The topological polar surface area (TPSA) is 120 Å². The van der Waals surface area contributed by atoms with Crippen molar-refractivity contribution in [1.29, 1.82) is 0 Å². The maximum atomic E-state index is 11.7. The molecule has 0 aromatic carbocycles. The lowest BCUT2D eigenvalue weighted by Gasteiger charge is -2.26. The Balaban J connectivity index is 1.86. The number of hydrogen-bond acceptors (Lipinski definition) is 4. The summed E-state index contributed by atoms with van der Waals surface area (Å²) in [4.78, 5) is 35.1. The van der Waals surface area contributed by atoms with Crippen molar-refractivity contribution in [3.63, 3.8) is 0 Å². The Hall–Kier alpha value is -1.89. The molecule has 2 aromatic rings. The number of rotatable bonds is 1. The zero-order chi connectivity index (χ0) is 13.1. The summed E-state index contributed by atoms with van der Waals surface area (Å²) in [6, 6.07) is 0.102. The van der Waals surface area contributed by atoms with Crippen LogP contribution in [0.15, 0.2) is 9.59 Å². The average molecular weight is 261 g/mol. The summed E-state index contributed by atoms with van der Waals surface area (Å²) in [6.07, 6.45) is 3.52. The van der Waals surface area contributed by atoms with Gasteiger partial charge >= 0.3 is 5.69 Å². The van der Waals surface area contributed by atoms with Crippen molar-refractivity contribution < 1.29 is 0 Å². The molecular formula is C12H15N5O2. The monoisotopic (exact) mass is 261 g/mol. The van der Waals surface area contributed by atoms with E-state index in [-0.39, 0.29) is 12.0 Å². The minimum atomic E-state index is -0.534. The molecule has 2 bridgehead atoms. The van der Waals surface area contributed by atoms with E-state index >= 15 is 0 Å². The average Bonchev–Trinajstić information content (AvgIpc) is 3.01. The standard InChI is InChI=1S/C12H15N5O2/c13-7-5-2-1-4(3-5)6(7)9-14-8-10(15-9)16-12(19)17-11(8)18/h4-7H,1-3,13H2,(H3,14,15,16,17,18,19). The van der Waals surface area contributed by atoms with E-state index < -0.39 is 11.2 Å². The summed E-state index contributed by atoms with van der Waals surface area (Å²) in [6.45, 7) is 0. The smallest absolute Gasteiger partial charge is 0.327 e. The van der Waals surface area contributed by atoms with Crippen LogP contribution in [0.2, 0.25) is 0 Å². The van der Waals surface area contributed by atoms with E-state index in [0.717, 1.165) is 12.2 Å². The Bertz CT molecular complexity index is 755. The molecule has 19 heavy (non-hydrogen) atoms. The quantitative estimate of drug-likeness (QED) is 0.567. The highest BCUT2D eigenvalue weighted by molar-refractivity contribution is 5.68. The fourth-order valence-corrected chi connectivity index (χ4v) is 3.85. The number of fused-ring (bicyclic) bond motifs is 3. The predicted octanol–water partition coefficient (Wildman–Crippen LogP) is -0.220. The number of aromatic amines is 3. The van der Waals surface area contributed by atoms with Crippen LogP contribution in [0.3, 0.4) is 0 Å². The molecule has 2 fully saturated rings. The highest BCUT2D eigenvalue weighted by atomic mass is 16.2. The van der Waals surface area contributed by atoms with E-state index in [1.807, 2.05) is 0 Å². The molecule has 4 rings (SSSR count). The maximum Gasteiger partial charge on any atom is 0.327 e. The lowest BCUT2D eigenvalue weighted by Crippen LogP contribution is -2.34. The van der Waals surface area contributed by atoms with Gasteiger partial charge in [-0.05, 0) is 31.1 Å². The summed E-state index contributed by atoms with van der Waals surface area (Å²) in [5.41, 5.74) is 5.94. The molecule has 7 nitrogen and oxygen atoms in total. The van der Waals surface area contributed by atoms with Crippen molar-refractivity contribution >= 4 is 11.2 Å². The van der Waals surface area contributed by atoms with Crippen LogP contribution >= 0.6 is 0 Å². The van der Waals surface area contributed by atoms with E-state index in [1.54, 1.807) is 0 Å². The molecule has 0 radical (unpaired) electrons. The van der Waals surface area contributed by atoms with Crippen molar-refractivity contribution in [2.24, 2.45) is 17.6 Å². The van der Waals surface area contributed by atoms with Gasteiger partial charge in [-0.3, -0.25) is 14.8 Å². The third kappa shape index (κ3) is 1.45. The first-order valence-electron chi connectivity index (χ1n) is 6.61. The minimum absolute atomic E-state index is 0.102. The van der Waals surface area contributed by atoms with Crippen molar-refractivity contribution in [3.05, 3.63) is 26.7 Å². The number of nitrogens with two attached hydrogens (primary N) is 1. The normalized spacial score (nSPS) is 33.3. The van der Waals surface area contributed by atoms with Crippen LogP contribution in [-0.2, 0) is 0 Å². The second-order valence-electron chi connectivity index (χ2n) is 5.69. The molecule has 2 heterocycles. The molecule has 2 saturated carbocycles. The molecule has 5 N–H and O–H groups in total. The zero-order valence-corrected chi connectivity index (χ0v) is 10.3. The van der Waals surface area contributed by atoms with E-state index in [2.05, 4.69) is 19.9 Å². The molecule has 2 aromatic heterocycles. The van der Waals surface area contributed by atoms with Gasteiger partial charge in [0.05, 0.1) is 0 Å². The lowest BCUT2D eigenvalue weighted by molar-refractivity contribution is 0.356. The molecule has 4 atom stereocenters. The Morgan fingerprint density at radius 2 is 1.89 bits per heavy atom. The van der Waals surface area contributed by atoms with Gasteiger partial charge in [-0.15, -0.1) is 0 Å². The number of nitrogens with one attached hydrogen (secondary N) is 3. The fourth-order valence-electron chi connectivity index (χ4n) is 3.85. The van der Waals surface area contributed by atoms with Crippen molar-refractivity contribution in [2.75, 3.05) is 0 Å². The molecule has 0 saturated heterocycles. The van der Waals surface area contributed by atoms with Gasteiger partial charge in [-0.1, -0.05) is 0 Å². The van der Waals surface area contributed by atoms with Crippen LogP contribution in [0, 0.1) is 11.8 Å². The van der Waals surface area contributed by atoms with Crippen LogP contribution in [0.25, 0.3) is 11.2 Å². The second-order valence-corrected chi connectivity index (χ2v) is 5.69. The highest BCUT2D eigenvalue weighted by Crippen LogP contribution is 2.51. The van der Waals surface area contributed by atoms with Crippen molar-refractivity contribution in [2.45, 2.75) is 31.2 Å². The molecule has 2 aliphatic rings. The molecule has 0 aliphatic heterocycles. The molecule has 0 amide bonds. The summed E-state index contributed by atoms with van der Waals surface area (Å²) >= 11 is 0. The van der Waals surface area contributed by atoms with Crippen LogP contribution < -0.4 is 17.0 Å². The number of H-pyrrole nitrogens is 3. The van der Waals surface area contributed by atoms with Crippen molar-refractivity contribution in [3.8, 4) is 0 Å². The van der Waals surface area contributed by atoms with Crippen LogP contribution in [0.5, 0.6) is 0 Å². The summed E-state index contributed by atoms with van der Waals surface area (Å²) < 4.78 is 0. The number of nitrogens with zero attached hydrogens (tertiary/aromatic N) is 1. The van der Waals surface area contributed by atoms with E-state index in [1.165, 1.54) is 12.8 Å². The van der Waals surface area contributed by atoms with Gasteiger partial charge in [0.15, 0.2) is 5.65 Å². The van der Waals surface area contributed by atoms with Crippen LogP contribution in [0.1, 0.15) is 31.0 Å². The summed E-state index contributed by atoms with van der Waals surface area (Å²) in [5, 5.41) is 0. The third-order valence-electron chi connectivity index (χ3n) is 4.70. The third-order valence-corrected chi connectivity index (χ3v) is 4.70. The van der Waals surface area contributed by atoms with Gasteiger partial charge in [0.25, 0.3) is 5.56 Å². The zero-order valence-electron chi connectivity index (χ0n) is 10.3. The Morgan fingerprint density at radius 1 is 1.11 bits per heavy atom. The maximum absolute atomic E-state index is 11.7. The first kappa shape index (κ1) is 11.0. The number of aromatic nitrogens is 4. The lowest BCUT2D eigenvalue weighted by atomic mass is 9.84. The van der Waals surface area contributed by atoms with Gasteiger partial charge in [-0.2, -0.15) is 0 Å². The predicted molar refractivity (Wildman–Crippen MR) is 68.9 cm³/mol. The Kier molecular flexibility index (Phi) is 2.06. The first-order valence-corrected chi connectivity index (χ1v) is 6.61. The van der Waals surface area contributed by atoms with Crippen LogP contribution in [0.4, 0.5) is 0 Å². The summed E-state index contributed by atoms with van der Waals surface area (Å²) in [7, 11) is 0. The van der Waals surface area contributed by atoms with Gasteiger partial charge in [0.1, 0.15) is 11.3 Å². The SMILES string of the molecule is NC1C2CCC(C2)C1c1nc2[nH]c(=O)[nH]c(=O)c2[nH]1. The van der Waals surface area contributed by atoms with Gasteiger partial charge in [0, 0.05) is 12.0 Å². The Labute approximate surface area is 107 Å². The summed E-state index contributed by atoms with van der Waals surface area (Å²) in [5.74, 6) is 2.03. The molecule has 100 valence electrons. The van der Waals surface area contributed by atoms with Crippen molar-refractivity contribution in [1.82, 2.24) is 19.9 Å². The molecular weight excluding hydrogens is 246 g/mol. The van der Waals surface area contributed by atoms with Gasteiger partial charge in [-0.25, -0.2) is 9.78 Å². The molecule has 4 unspecified atom stereocenters. The molecule has 0 spiro atoms. The van der Waals surface area contributed by atoms with Crippen LogP contribution in [-0.4, -0.2) is 26.0 Å².